The van der Waals surface area contributed by atoms with Gasteiger partial charge in [0.1, 0.15) is 6.61 Å². The Hall–Kier alpha value is -2.41. The second kappa shape index (κ2) is 8.31. The lowest BCUT2D eigenvalue weighted by Crippen LogP contribution is -2.51. The minimum absolute atomic E-state index is 0.0352. The Balaban J connectivity index is 1.43. The number of aliphatic hydroxyl groups is 1. The molecule has 1 fully saturated rings. The van der Waals surface area contributed by atoms with Gasteiger partial charge in [0.2, 0.25) is 5.91 Å². The summed E-state index contributed by atoms with van der Waals surface area (Å²) in [4.78, 5) is 16.0. The number of ether oxygens (including phenoxy) is 1. The zero-order valence-electron chi connectivity index (χ0n) is 16.3. The summed E-state index contributed by atoms with van der Waals surface area (Å²) in [6, 6.07) is 16.7. The number of nitrogens with zero attached hydrogens (tertiary/aromatic N) is 3. The van der Waals surface area contributed by atoms with E-state index in [2.05, 4.69) is 45.9 Å². The molecule has 148 valence electrons. The van der Waals surface area contributed by atoms with E-state index in [0.29, 0.717) is 26.2 Å². The first-order chi connectivity index (χ1) is 13.7. The summed E-state index contributed by atoms with van der Waals surface area (Å²) < 4.78 is 7.15. The van der Waals surface area contributed by atoms with Gasteiger partial charge in [-0.1, -0.05) is 36.4 Å². The molecule has 0 spiro atoms. The van der Waals surface area contributed by atoms with E-state index in [1.165, 1.54) is 10.8 Å². The van der Waals surface area contributed by atoms with Crippen molar-refractivity contribution in [1.82, 2.24) is 14.4 Å². The first kappa shape index (κ1) is 18.9. The van der Waals surface area contributed by atoms with Crippen molar-refractivity contribution in [2.45, 2.75) is 12.6 Å². The maximum absolute atomic E-state index is 11.9. The monoisotopic (exact) mass is 381 g/mol. The Morgan fingerprint density at radius 1 is 0.964 bits per heavy atom. The van der Waals surface area contributed by atoms with Gasteiger partial charge in [-0.15, -0.1) is 0 Å². The van der Waals surface area contributed by atoms with Crippen molar-refractivity contribution < 1.29 is 14.6 Å². The molecule has 2 aromatic carbocycles. The van der Waals surface area contributed by atoms with E-state index in [4.69, 9.17) is 4.74 Å². The molecular formula is C22H27N3O3. The van der Waals surface area contributed by atoms with E-state index in [0.717, 1.165) is 24.1 Å². The third-order valence-corrected chi connectivity index (χ3v) is 5.53. The third-order valence-electron chi connectivity index (χ3n) is 5.53. The molecule has 0 saturated carbocycles. The molecule has 2 heterocycles. The van der Waals surface area contributed by atoms with Gasteiger partial charge < -0.3 is 19.3 Å². The average molecular weight is 381 g/mol. The van der Waals surface area contributed by atoms with Gasteiger partial charge in [-0.3, -0.25) is 9.69 Å². The number of carbonyl (C=O) groups excluding carboxylic acids is 1. The Morgan fingerprint density at radius 3 is 2.11 bits per heavy atom. The van der Waals surface area contributed by atoms with E-state index in [1.54, 1.807) is 7.11 Å². The highest BCUT2D eigenvalue weighted by Gasteiger charge is 2.23. The number of rotatable bonds is 6. The number of methoxy groups -OCH3 is 1. The van der Waals surface area contributed by atoms with Crippen LogP contribution in [0.25, 0.3) is 21.8 Å². The van der Waals surface area contributed by atoms with E-state index in [9.17, 15) is 9.90 Å². The van der Waals surface area contributed by atoms with Crippen molar-refractivity contribution in [2.24, 2.45) is 0 Å². The standard InChI is InChI=1S/C22H27N3O3/c1-28-16-22(27)24-12-10-23(11-13-24)14-17(26)15-25-20-8-4-2-6-18(20)19-7-3-5-9-21(19)25/h2-9,17,26H,10-16H2,1H3. The zero-order valence-corrected chi connectivity index (χ0v) is 16.3. The van der Waals surface area contributed by atoms with E-state index >= 15 is 0 Å². The highest BCUT2D eigenvalue weighted by molar-refractivity contribution is 6.07. The SMILES string of the molecule is COCC(=O)N1CCN(CC(O)Cn2c3ccccc3c3ccccc32)CC1. The fourth-order valence-electron chi connectivity index (χ4n) is 4.16. The molecule has 1 aliphatic heterocycles. The van der Waals surface area contributed by atoms with Crippen molar-refractivity contribution in [2.75, 3.05) is 46.4 Å². The number of piperazine rings is 1. The minimum atomic E-state index is -0.472. The number of hydrogen-bond donors (Lipinski definition) is 1. The van der Waals surface area contributed by atoms with Crippen LogP contribution in [0.5, 0.6) is 0 Å². The second-order valence-corrected chi connectivity index (χ2v) is 7.41. The molecule has 0 radical (unpaired) electrons. The average Bonchev–Trinajstić information content (AvgIpc) is 3.03. The molecule has 1 unspecified atom stereocenters. The number of aliphatic hydroxyl groups excluding tert-OH is 1. The molecule has 3 aromatic rings. The predicted octanol–water partition coefficient (Wildman–Crippen LogP) is 1.95. The first-order valence-electron chi connectivity index (χ1n) is 9.80. The van der Waals surface area contributed by atoms with Crippen molar-refractivity contribution in [3.05, 3.63) is 48.5 Å². The van der Waals surface area contributed by atoms with Gasteiger partial charge in [-0.05, 0) is 12.1 Å². The van der Waals surface area contributed by atoms with E-state index in [1.807, 2.05) is 17.0 Å². The summed E-state index contributed by atoms with van der Waals surface area (Å²) in [7, 11) is 1.54. The number of aromatic nitrogens is 1. The number of benzene rings is 2. The highest BCUT2D eigenvalue weighted by Crippen LogP contribution is 2.28. The van der Waals surface area contributed by atoms with Crippen LogP contribution in [0.3, 0.4) is 0 Å². The van der Waals surface area contributed by atoms with Crippen molar-refractivity contribution >= 4 is 27.7 Å². The van der Waals surface area contributed by atoms with Crippen molar-refractivity contribution in [3.63, 3.8) is 0 Å². The number of β-amino-alcohol motifs (C(OH)–C–C–N with tert-alkyl or cyclic N) is 1. The predicted molar refractivity (Wildman–Crippen MR) is 110 cm³/mol. The molecule has 28 heavy (non-hydrogen) atoms. The van der Waals surface area contributed by atoms with Crippen LogP contribution in [0.15, 0.2) is 48.5 Å². The van der Waals surface area contributed by atoms with E-state index in [-0.39, 0.29) is 12.5 Å². The molecule has 4 rings (SSSR count). The van der Waals surface area contributed by atoms with Crippen LogP contribution in [-0.2, 0) is 16.1 Å². The summed E-state index contributed by atoms with van der Waals surface area (Å²) in [5.74, 6) is 0.0352. The van der Waals surface area contributed by atoms with Crippen LogP contribution in [0.4, 0.5) is 0 Å². The number of para-hydroxylation sites is 2. The Kier molecular flexibility index (Phi) is 5.62. The fourth-order valence-corrected chi connectivity index (χ4v) is 4.16. The summed E-state index contributed by atoms with van der Waals surface area (Å²) in [5.41, 5.74) is 2.30. The smallest absolute Gasteiger partial charge is 0.248 e. The summed E-state index contributed by atoms with van der Waals surface area (Å²) in [6.07, 6.45) is -0.472. The van der Waals surface area contributed by atoms with Gasteiger partial charge in [-0.25, -0.2) is 0 Å². The van der Waals surface area contributed by atoms with Crippen molar-refractivity contribution in [1.29, 1.82) is 0 Å². The van der Waals surface area contributed by atoms with Gasteiger partial charge in [0.05, 0.1) is 12.6 Å². The van der Waals surface area contributed by atoms with E-state index < -0.39 is 6.10 Å². The van der Waals surface area contributed by atoms with Crippen LogP contribution in [-0.4, -0.2) is 77.9 Å². The third kappa shape index (κ3) is 3.76. The number of amides is 1. The van der Waals surface area contributed by atoms with Gasteiger partial charge in [-0.2, -0.15) is 0 Å². The molecule has 6 heteroatoms. The topological polar surface area (TPSA) is 57.9 Å². The van der Waals surface area contributed by atoms with Crippen LogP contribution in [0.1, 0.15) is 0 Å². The molecule has 1 saturated heterocycles. The fraction of sp³-hybridized carbons (Fsp3) is 0.409. The highest BCUT2D eigenvalue weighted by atomic mass is 16.5. The maximum Gasteiger partial charge on any atom is 0.248 e. The Morgan fingerprint density at radius 2 is 1.54 bits per heavy atom. The van der Waals surface area contributed by atoms with Gasteiger partial charge >= 0.3 is 0 Å². The van der Waals surface area contributed by atoms with Crippen LogP contribution in [0.2, 0.25) is 0 Å². The van der Waals surface area contributed by atoms with Gasteiger partial charge in [0.25, 0.3) is 0 Å². The number of hydrogen-bond acceptors (Lipinski definition) is 4. The maximum atomic E-state index is 11.9. The first-order valence-corrected chi connectivity index (χ1v) is 9.80. The van der Waals surface area contributed by atoms with Gasteiger partial charge in [0, 0.05) is 61.6 Å². The van der Waals surface area contributed by atoms with Crippen LogP contribution in [0, 0.1) is 0 Å². The largest absolute Gasteiger partial charge is 0.390 e. The Labute approximate surface area is 164 Å². The summed E-state index contributed by atoms with van der Waals surface area (Å²) >= 11 is 0. The lowest BCUT2D eigenvalue weighted by atomic mass is 10.2. The molecule has 1 amide bonds. The minimum Gasteiger partial charge on any atom is -0.390 e. The number of fused-ring (bicyclic) bond motifs is 3. The second-order valence-electron chi connectivity index (χ2n) is 7.41. The molecule has 1 aliphatic rings. The normalized spacial score (nSPS) is 16.7. The molecule has 0 aliphatic carbocycles. The lowest BCUT2D eigenvalue weighted by Gasteiger charge is -2.35. The molecule has 6 nitrogen and oxygen atoms in total. The Bertz CT molecular complexity index is 907. The van der Waals surface area contributed by atoms with Gasteiger partial charge in [0.15, 0.2) is 0 Å². The zero-order chi connectivity index (χ0) is 19.5. The quantitative estimate of drug-likeness (QED) is 0.709. The molecule has 1 aromatic heterocycles. The molecule has 1 N–H and O–H groups in total. The molecule has 1 atom stereocenters. The summed E-state index contributed by atoms with van der Waals surface area (Å²) in [5, 5.41) is 13.2. The van der Waals surface area contributed by atoms with Crippen molar-refractivity contribution in [3.8, 4) is 0 Å². The number of carbonyl (C=O) groups is 1. The van der Waals surface area contributed by atoms with Crippen LogP contribution >= 0.6 is 0 Å². The van der Waals surface area contributed by atoms with Crippen LogP contribution < -0.4 is 0 Å². The summed E-state index contributed by atoms with van der Waals surface area (Å²) in [6.45, 7) is 4.22. The molecule has 0 bridgehead atoms. The lowest BCUT2D eigenvalue weighted by molar-refractivity contribution is -0.137. The molecular weight excluding hydrogens is 354 g/mol.